The lowest BCUT2D eigenvalue weighted by atomic mass is 9.83. The van der Waals surface area contributed by atoms with Gasteiger partial charge in [0.2, 0.25) is 5.91 Å². The van der Waals surface area contributed by atoms with Crippen LogP contribution in [0.1, 0.15) is 11.1 Å². The molecule has 2 aromatic carbocycles. The smallest absolute Gasteiger partial charge is 0.269 e. The van der Waals surface area contributed by atoms with Crippen molar-refractivity contribution in [1.82, 2.24) is 0 Å². The average Bonchev–Trinajstić information content (AvgIpc) is 2.47. The molecule has 0 aliphatic carbocycles. The summed E-state index contributed by atoms with van der Waals surface area (Å²) in [4.78, 5) is 21.9. The maximum Gasteiger partial charge on any atom is 0.269 e. The van der Waals surface area contributed by atoms with E-state index in [-0.39, 0.29) is 5.69 Å². The van der Waals surface area contributed by atoms with Crippen molar-refractivity contribution in [1.29, 1.82) is 0 Å². The Balaban J connectivity index is 2.54. The van der Waals surface area contributed by atoms with Crippen LogP contribution in [-0.2, 0) is 10.3 Å². The second-order valence-electron chi connectivity index (χ2n) is 4.34. The fourth-order valence-electron chi connectivity index (χ4n) is 2.00. The largest absolute Gasteiger partial charge is 0.367 e. The summed E-state index contributed by atoms with van der Waals surface area (Å²) in [6.07, 6.45) is 0. The monoisotopic (exact) mass is 271 g/mol. The molecule has 1 amide bonds. The van der Waals surface area contributed by atoms with Crippen molar-refractivity contribution in [2.24, 2.45) is 11.5 Å². The molecule has 1 unspecified atom stereocenters. The lowest BCUT2D eigenvalue weighted by molar-refractivity contribution is -0.384. The number of rotatable bonds is 4. The van der Waals surface area contributed by atoms with Crippen LogP contribution in [0.2, 0.25) is 0 Å². The lowest BCUT2D eigenvalue weighted by Gasteiger charge is -2.26. The zero-order valence-electron chi connectivity index (χ0n) is 10.5. The van der Waals surface area contributed by atoms with E-state index in [4.69, 9.17) is 11.5 Å². The number of hydrogen-bond acceptors (Lipinski definition) is 4. The van der Waals surface area contributed by atoms with Gasteiger partial charge in [-0.25, -0.2) is 0 Å². The number of carbonyl (C=O) groups excluding carboxylic acids is 1. The van der Waals surface area contributed by atoms with Gasteiger partial charge in [0.1, 0.15) is 5.54 Å². The molecule has 0 spiro atoms. The molecule has 1 atom stereocenters. The Kier molecular flexibility index (Phi) is 3.49. The highest BCUT2D eigenvalue weighted by molar-refractivity contribution is 5.90. The molecule has 0 aromatic heterocycles. The Morgan fingerprint density at radius 3 is 1.95 bits per heavy atom. The molecule has 0 aliphatic rings. The van der Waals surface area contributed by atoms with E-state index in [2.05, 4.69) is 0 Å². The van der Waals surface area contributed by atoms with Crippen LogP contribution >= 0.6 is 0 Å². The molecule has 6 nitrogen and oxygen atoms in total. The summed E-state index contributed by atoms with van der Waals surface area (Å²) in [7, 11) is 0. The van der Waals surface area contributed by atoms with Gasteiger partial charge in [0.25, 0.3) is 5.69 Å². The van der Waals surface area contributed by atoms with Crippen molar-refractivity contribution in [3.63, 3.8) is 0 Å². The molecular weight excluding hydrogens is 258 g/mol. The van der Waals surface area contributed by atoms with Crippen LogP contribution < -0.4 is 11.5 Å². The predicted molar refractivity (Wildman–Crippen MR) is 73.7 cm³/mol. The Hall–Kier alpha value is -2.73. The van der Waals surface area contributed by atoms with E-state index in [0.717, 1.165) is 0 Å². The Morgan fingerprint density at radius 1 is 1.00 bits per heavy atom. The van der Waals surface area contributed by atoms with Gasteiger partial charge in [-0.2, -0.15) is 0 Å². The van der Waals surface area contributed by atoms with Crippen molar-refractivity contribution >= 4 is 11.6 Å². The summed E-state index contributed by atoms with van der Waals surface area (Å²) in [5.74, 6) is -0.724. The third-order valence-corrected chi connectivity index (χ3v) is 3.15. The number of amides is 1. The molecule has 0 saturated carbocycles. The van der Waals surface area contributed by atoms with Gasteiger partial charge in [0, 0.05) is 12.1 Å². The summed E-state index contributed by atoms with van der Waals surface area (Å²) >= 11 is 0. The molecule has 102 valence electrons. The topological polar surface area (TPSA) is 112 Å². The van der Waals surface area contributed by atoms with Crippen LogP contribution in [0, 0.1) is 10.1 Å². The third-order valence-electron chi connectivity index (χ3n) is 3.15. The number of nitrogens with two attached hydrogens (primary N) is 2. The molecule has 0 heterocycles. The van der Waals surface area contributed by atoms with Crippen LogP contribution in [0.5, 0.6) is 0 Å². The van der Waals surface area contributed by atoms with E-state index in [1.807, 2.05) is 0 Å². The molecule has 6 heteroatoms. The zero-order chi connectivity index (χ0) is 14.8. The minimum atomic E-state index is -1.52. The maximum absolute atomic E-state index is 11.8. The van der Waals surface area contributed by atoms with Gasteiger partial charge in [-0.15, -0.1) is 0 Å². The summed E-state index contributed by atoms with van der Waals surface area (Å²) in [6, 6.07) is 14.1. The van der Waals surface area contributed by atoms with Crippen LogP contribution in [0.15, 0.2) is 54.6 Å². The summed E-state index contributed by atoms with van der Waals surface area (Å²) < 4.78 is 0. The predicted octanol–water partition coefficient (Wildman–Crippen LogP) is 1.28. The molecule has 0 saturated heterocycles. The van der Waals surface area contributed by atoms with Crippen molar-refractivity contribution in [3.05, 3.63) is 75.8 Å². The van der Waals surface area contributed by atoms with Gasteiger partial charge in [0.05, 0.1) is 4.92 Å². The Bertz CT molecular complexity index is 640. The van der Waals surface area contributed by atoms with Crippen molar-refractivity contribution in [2.45, 2.75) is 5.54 Å². The van der Waals surface area contributed by atoms with E-state index >= 15 is 0 Å². The fourth-order valence-corrected chi connectivity index (χ4v) is 2.00. The van der Waals surface area contributed by atoms with Crippen molar-refractivity contribution in [3.8, 4) is 0 Å². The number of hydrogen-bond donors (Lipinski definition) is 2. The van der Waals surface area contributed by atoms with Gasteiger partial charge >= 0.3 is 0 Å². The minimum absolute atomic E-state index is 0.0753. The molecular formula is C14H13N3O3. The number of benzene rings is 2. The van der Waals surface area contributed by atoms with Crippen molar-refractivity contribution in [2.75, 3.05) is 0 Å². The normalized spacial score (nSPS) is 13.4. The van der Waals surface area contributed by atoms with Gasteiger partial charge in [-0.1, -0.05) is 30.3 Å². The van der Waals surface area contributed by atoms with E-state index < -0.39 is 16.4 Å². The average molecular weight is 271 g/mol. The lowest BCUT2D eigenvalue weighted by Crippen LogP contribution is -2.50. The Labute approximate surface area is 115 Å². The molecule has 2 aromatic rings. The third kappa shape index (κ3) is 2.24. The van der Waals surface area contributed by atoms with Crippen molar-refractivity contribution < 1.29 is 9.72 Å². The van der Waals surface area contributed by atoms with E-state index in [1.54, 1.807) is 30.3 Å². The maximum atomic E-state index is 11.8. The highest BCUT2D eigenvalue weighted by Gasteiger charge is 2.36. The Morgan fingerprint density at radius 2 is 1.50 bits per heavy atom. The number of carbonyl (C=O) groups is 1. The summed E-state index contributed by atoms with van der Waals surface area (Å²) in [5, 5.41) is 10.6. The number of nitro benzene ring substituents is 1. The zero-order valence-corrected chi connectivity index (χ0v) is 10.5. The first kappa shape index (κ1) is 13.7. The standard InChI is InChI=1S/C14H13N3O3/c15-13(18)14(16,10-4-2-1-3-5-10)11-6-8-12(9-7-11)17(19)20/h1-9H,16H2,(H2,15,18). The fraction of sp³-hybridized carbons (Fsp3) is 0.0714. The molecule has 0 radical (unpaired) electrons. The van der Waals surface area contributed by atoms with E-state index in [1.165, 1.54) is 24.3 Å². The first-order valence-corrected chi connectivity index (χ1v) is 5.85. The molecule has 0 fully saturated rings. The molecule has 4 N–H and O–H groups in total. The van der Waals surface area contributed by atoms with Crippen LogP contribution in [0.25, 0.3) is 0 Å². The second kappa shape index (κ2) is 5.10. The van der Waals surface area contributed by atoms with Crippen LogP contribution in [0.4, 0.5) is 5.69 Å². The molecule has 0 bridgehead atoms. The van der Waals surface area contributed by atoms with E-state index in [9.17, 15) is 14.9 Å². The van der Waals surface area contributed by atoms with Crippen LogP contribution in [0.3, 0.4) is 0 Å². The van der Waals surface area contributed by atoms with Gasteiger partial charge in [0.15, 0.2) is 0 Å². The highest BCUT2D eigenvalue weighted by atomic mass is 16.6. The minimum Gasteiger partial charge on any atom is -0.367 e. The van der Waals surface area contributed by atoms with Crippen LogP contribution in [-0.4, -0.2) is 10.8 Å². The van der Waals surface area contributed by atoms with Gasteiger partial charge < -0.3 is 11.5 Å². The highest BCUT2D eigenvalue weighted by Crippen LogP contribution is 2.28. The number of nitro groups is 1. The molecule has 0 aliphatic heterocycles. The number of non-ortho nitro benzene ring substituents is 1. The molecule has 20 heavy (non-hydrogen) atoms. The van der Waals surface area contributed by atoms with Gasteiger partial charge in [-0.3, -0.25) is 14.9 Å². The van der Waals surface area contributed by atoms with E-state index in [0.29, 0.717) is 11.1 Å². The first-order chi connectivity index (χ1) is 9.46. The SMILES string of the molecule is NC(=O)C(N)(c1ccccc1)c1ccc([N+](=O)[O-])cc1. The number of primary amides is 1. The quantitative estimate of drug-likeness (QED) is 0.644. The summed E-state index contributed by atoms with van der Waals surface area (Å²) in [6.45, 7) is 0. The summed E-state index contributed by atoms with van der Waals surface area (Å²) in [5.41, 5.74) is 10.9. The molecule has 2 rings (SSSR count). The number of nitrogens with zero attached hydrogens (tertiary/aromatic N) is 1. The first-order valence-electron chi connectivity index (χ1n) is 5.85. The van der Waals surface area contributed by atoms with Gasteiger partial charge in [-0.05, 0) is 23.3 Å². The second-order valence-corrected chi connectivity index (χ2v) is 4.34.